The Hall–Kier alpha value is -1.82. The molecule has 0 aromatic carbocycles. The van der Waals surface area contributed by atoms with E-state index < -0.39 is 0 Å². The van der Waals surface area contributed by atoms with Crippen molar-refractivity contribution < 1.29 is 4.74 Å². The lowest BCUT2D eigenvalue weighted by atomic mass is 10.1. The number of rotatable bonds is 1. The van der Waals surface area contributed by atoms with Crippen LogP contribution < -0.4 is 0 Å². The molecule has 4 rings (SSSR count). The van der Waals surface area contributed by atoms with Crippen LogP contribution in [0.4, 0.5) is 0 Å². The molecule has 0 saturated heterocycles. The molecule has 3 aliphatic heterocycles. The Morgan fingerprint density at radius 1 is 1.38 bits per heavy atom. The molecule has 0 fully saturated rings. The van der Waals surface area contributed by atoms with Gasteiger partial charge >= 0.3 is 0 Å². The number of nitrogens with zero attached hydrogens (tertiary/aromatic N) is 4. The Bertz CT molecular complexity index is 754. The van der Waals surface area contributed by atoms with E-state index in [-0.39, 0.29) is 0 Å². The lowest BCUT2D eigenvalue weighted by Crippen LogP contribution is -2.31. The molecule has 0 saturated carbocycles. The Morgan fingerprint density at radius 2 is 2.24 bits per heavy atom. The number of amidine groups is 1. The average molecular weight is 347 g/mol. The highest BCUT2D eigenvalue weighted by atomic mass is 79.9. The lowest BCUT2D eigenvalue weighted by Gasteiger charge is -2.28. The van der Waals surface area contributed by atoms with Gasteiger partial charge in [-0.05, 0) is 34.8 Å². The minimum absolute atomic E-state index is 0.650. The maximum atomic E-state index is 5.60. The van der Waals surface area contributed by atoms with Crippen LogP contribution in [0.15, 0.2) is 45.0 Å². The van der Waals surface area contributed by atoms with Crippen molar-refractivity contribution in [3.8, 4) is 0 Å². The van der Waals surface area contributed by atoms with E-state index in [1.54, 1.807) is 6.26 Å². The van der Waals surface area contributed by atoms with Gasteiger partial charge in [0.15, 0.2) is 0 Å². The number of halogens is 1. The third-order valence-electron chi connectivity index (χ3n) is 4.02. The fourth-order valence-electron chi connectivity index (χ4n) is 3.10. The van der Waals surface area contributed by atoms with Crippen LogP contribution in [-0.2, 0) is 11.8 Å². The van der Waals surface area contributed by atoms with Gasteiger partial charge in [-0.15, -0.1) is 0 Å². The van der Waals surface area contributed by atoms with Crippen molar-refractivity contribution >= 4 is 21.8 Å². The molecule has 1 aromatic heterocycles. The van der Waals surface area contributed by atoms with Crippen LogP contribution in [0.5, 0.6) is 0 Å². The molecule has 0 atom stereocenters. The molecule has 3 aliphatic rings. The van der Waals surface area contributed by atoms with Crippen molar-refractivity contribution in [3.05, 3.63) is 51.2 Å². The number of hydrogen-bond donors (Lipinski definition) is 0. The molecule has 0 unspecified atom stereocenters. The van der Waals surface area contributed by atoms with E-state index in [9.17, 15) is 0 Å². The van der Waals surface area contributed by atoms with Crippen LogP contribution in [0.2, 0.25) is 0 Å². The number of allylic oxidation sites excluding steroid dienone is 1. The zero-order chi connectivity index (χ0) is 14.6. The molecule has 0 aliphatic carbocycles. The summed E-state index contributed by atoms with van der Waals surface area (Å²) < 4.78 is 8.38. The summed E-state index contributed by atoms with van der Waals surface area (Å²) >= 11 is 3.58. The third-order valence-corrected chi connectivity index (χ3v) is 4.64. The first kappa shape index (κ1) is 12.9. The SMILES string of the molecule is Cc1nn(C)cc1C1=NC=C2C(Br)=COCC3=C2N1CC3. The van der Waals surface area contributed by atoms with Crippen molar-refractivity contribution in [2.45, 2.75) is 13.3 Å². The van der Waals surface area contributed by atoms with E-state index in [4.69, 9.17) is 9.73 Å². The van der Waals surface area contributed by atoms with Crippen molar-refractivity contribution in [3.63, 3.8) is 0 Å². The van der Waals surface area contributed by atoms with E-state index in [1.807, 2.05) is 31.1 Å². The predicted molar refractivity (Wildman–Crippen MR) is 83.9 cm³/mol. The minimum atomic E-state index is 0.650. The minimum Gasteiger partial charge on any atom is -0.496 e. The first-order chi connectivity index (χ1) is 10.1. The molecule has 1 aromatic rings. The maximum absolute atomic E-state index is 5.60. The summed E-state index contributed by atoms with van der Waals surface area (Å²) in [7, 11) is 1.94. The highest BCUT2D eigenvalue weighted by Gasteiger charge is 2.34. The summed E-state index contributed by atoms with van der Waals surface area (Å²) in [6.07, 6.45) is 6.73. The maximum Gasteiger partial charge on any atom is 0.143 e. The van der Waals surface area contributed by atoms with Gasteiger partial charge in [-0.25, -0.2) is 4.99 Å². The molecule has 0 radical (unpaired) electrons. The Morgan fingerprint density at radius 3 is 3.00 bits per heavy atom. The average Bonchev–Trinajstić information content (AvgIpc) is 2.97. The van der Waals surface area contributed by atoms with Crippen LogP contribution >= 0.6 is 15.9 Å². The van der Waals surface area contributed by atoms with E-state index in [2.05, 4.69) is 25.9 Å². The van der Waals surface area contributed by atoms with Gasteiger partial charge in [0.25, 0.3) is 0 Å². The van der Waals surface area contributed by atoms with Gasteiger partial charge in [-0.1, -0.05) is 0 Å². The fraction of sp³-hybridized carbons (Fsp3) is 0.333. The number of aryl methyl sites for hydroxylation is 2. The van der Waals surface area contributed by atoms with Crippen molar-refractivity contribution in [1.29, 1.82) is 0 Å². The number of aromatic nitrogens is 2. The summed E-state index contributed by atoms with van der Waals surface area (Å²) in [5, 5.41) is 4.43. The second kappa shape index (κ2) is 4.59. The van der Waals surface area contributed by atoms with E-state index in [0.717, 1.165) is 40.1 Å². The second-order valence-electron chi connectivity index (χ2n) is 5.43. The van der Waals surface area contributed by atoms with Gasteiger partial charge in [0.05, 0.1) is 27.7 Å². The molecule has 108 valence electrons. The van der Waals surface area contributed by atoms with Gasteiger partial charge in [-0.3, -0.25) is 4.68 Å². The summed E-state index contributed by atoms with van der Waals surface area (Å²) in [5.74, 6) is 0.983. The predicted octanol–water partition coefficient (Wildman–Crippen LogP) is 2.60. The number of hydrogen-bond acceptors (Lipinski definition) is 4. The molecule has 21 heavy (non-hydrogen) atoms. The smallest absolute Gasteiger partial charge is 0.143 e. The van der Waals surface area contributed by atoms with Crippen LogP contribution in [0.25, 0.3) is 0 Å². The van der Waals surface area contributed by atoms with E-state index >= 15 is 0 Å². The summed E-state index contributed by atoms with van der Waals surface area (Å²) in [6, 6.07) is 0. The quantitative estimate of drug-likeness (QED) is 0.784. The molecule has 0 amide bonds. The lowest BCUT2D eigenvalue weighted by molar-refractivity contribution is 0.279. The third kappa shape index (κ3) is 1.89. The normalized spacial score (nSPS) is 20.5. The molecular weight excluding hydrogens is 332 g/mol. The molecular formula is C15H15BrN4O. The zero-order valence-corrected chi connectivity index (χ0v) is 13.5. The summed E-state index contributed by atoms with van der Waals surface area (Å²) in [4.78, 5) is 6.99. The highest BCUT2D eigenvalue weighted by Crippen LogP contribution is 2.40. The molecule has 6 heteroatoms. The Kier molecular flexibility index (Phi) is 2.82. The van der Waals surface area contributed by atoms with Crippen molar-refractivity contribution in [2.75, 3.05) is 13.2 Å². The standard InChI is InChI=1S/C15H15BrN4O/c1-9-12(6-19(2)18-9)15-17-5-11-13(16)8-21-7-10-3-4-20(15)14(10)11/h5-6,8H,3-4,7H2,1-2H3. The highest BCUT2D eigenvalue weighted by molar-refractivity contribution is 9.12. The second-order valence-corrected chi connectivity index (χ2v) is 6.28. The van der Waals surface area contributed by atoms with Gasteiger partial charge in [-0.2, -0.15) is 5.10 Å². The zero-order valence-electron chi connectivity index (χ0n) is 11.9. The monoisotopic (exact) mass is 346 g/mol. The molecule has 0 bridgehead atoms. The number of aliphatic imine (C=N–C) groups is 1. The summed E-state index contributed by atoms with van der Waals surface area (Å²) in [6.45, 7) is 3.62. The molecule has 4 heterocycles. The molecule has 0 spiro atoms. The topological polar surface area (TPSA) is 42.6 Å². The Labute approximate surface area is 131 Å². The summed E-state index contributed by atoms with van der Waals surface area (Å²) in [5.41, 5.74) is 5.77. The fourth-order valence-corrected chi connectivity index (χ4v) is 3.52. The van der Waals surface area contributed by atoms with Crippen LogP contribution in [0.3, 0.4) is 0 Å². The number of ether oxygens (including phenoxy) is 1. The first-order valence-electron chi connectivity index (χ1n) is 6.91. The van der Waals surface area contributed by atoms with Gasteiger partial charge < -0.3 is 9.64 Å². The van der Waals surface area contributed by atoms with Crippen molar-refractivity contribution in [1.82, 2.24) is 14.7 Å². The van der Waals surface area contributed by atoms with Crippen LogP contribution in [0, 0.1) is 6.92 Å². The largest absolute Gasteiger partial charge is 0.496 e. The van der Waals surface area contributed by atoms with Crippen LogP contribution in [0.1, 0.15) is 17.7 Å². The van der Waals surface area contributed by atoms with E-state index in [0.29, 0.717) is 6.61 Å². The Balaban J connectivity index is 1.88. The van der Waals surface area contributed by atoms with Gasteiger partial charge in [0.2, 0.25) is 0 Å². The molecule has 5 nitrogen and oxygen atoms in total. The molecule has 0 N–H and O–H groups in total. The van der Waals surface area contributed by atoms with Gasteiger partial charge in [0, 0.05) is 31.6 Å². The first-order valence-corrected chi connectivity index (χ1v) is 7.70. The van der Waals surface area contributed by atoms with Crippen molar-refractivity contribution in [2.24, 2.45) is 12.0 Å². The van der Waals surface area contributed by atoms with E-state index in [1.165, 1.54) is 11.3 Å². The van der Waals surface area contributed by atoms with Crippen LogP contribution in [-0.4, -0.2) is 33.7 Å². The van der Waals surface area contributed by atoms with Gasteiger partial charge in [0.1, 0.15) is 12.4 Å².